The highest BCUT2D eigenvalue weighted by molar-refractivity contribution is 5.94. The van der Waals surface area contributed by atoms with E-state index >= 15 is 0 Å². The molecule has 4 heteroatoms. The van der Waals surface area contributed by atoms with Crippen molar-refractivity contribution in [1.29, 1.82) is 0 Å². The molecule has 0 bridgehead atoms. The second-order valence-electron chi connectivity index (χ2n) is 5.58. The van der Waals surface area contributed by atoms with E-state index in [4.69, 9.17) is 4.74 Å². The van der Waals surface area contributed by atoms with E-state index < -0.39 is 6.10 Å². The van der Waals surface area contributed by atoms with E-state index in [1.165, 1.54) is 0 Å². The summed E-state index contributed by atoms with van der Waals surface area (Å²) < 4.78 is 5.10. The molecule has 2 N–H and O–H groups in total. The van der Waals surface area contributed by atoms with Crippen LogP contribution in [0.5, 0.6) is 5.75 Å². The maximum Gasteiger partial charge on any atom is 0.244 e. The van der Waals surface area contributed by atoms with Crippen LogP contribution in [0.1, 0.15) is 32.8 Å². The lowest BCUT2D eigenvalue weighted by Crippen LogP contribution is -2.31. The SMILES string of the molecule is COc1ccc(/C(C)=C/C(=O)NCC(O)CC(C)C)cc1. The fraction of sp³-hybridized carbons (Fsp3) is 0.471. The first-order valence-corrected chi connectivity index (χ1v) is 7.21. The number of benzene rings is 1. The molecule has 0 aliphatic carbocycles. The van der Waals surface area contributed by atoms with Gasteiger partial charge < -0.3 is 15.2 Å². The minimum absolute atomic E-state index is 0.189. The van der Waals surface area contributed by atoms with Crippen LogP contribution >= 0.6 is 0 Å². The van der Waals surface area contributed by atoms with E-state index in [9.17, 15) is 9.90 Å². The van der Waals surface area contributed by atoms with Gasteiger partial charge in [0.2, 0.25) is 5.91 Å². The molecule has 0 heterocycles. The minimum atomic E-state index is -0.497. The van der Waals surface area contributed by atoms with Crippen LogP contribution in [0.2, 0.25) is 0 Å². The lowest BCUT2D eigenvalue weighted by Gasteiger charge is -2.13. The zero-order valence-electron chi connectivity index (χ0n) is 13.2. The molecule has 0 spiro atoms. The van der Waals surface area contributed by atoms with E-state index in [0.29, 0.717) is 12.3 Å². The van der Waals surface area contributed by atoms with Crippen molar-refractivity contribution in [2.24, 2.45) is 5.92 Å². The van der Waals surface area contributed by atoms with E-state index in [-0.39, 0.29) is 12.5 Å². The first-order valence-electron chi connectivity index (χ1n) is 7.21. The quantitative estimate of drug-likeness (QED) is 0.759. The predicted octanol–water partition coefficient (Wildman–Crippen LogP) is 2.62. The summed E-state index contributed by atoms with van der Waals surface area (Å²) in [5, 5.41) is 12.4. The third kappa shape index (κ3) is 6.45. The molecule has 1 aromatic rings. The van der Waals surface area contributed by atoms with Crippen molar-refractivity contribution >= 4 is 11.5 Å². The first-order chi connectivity index (χ1) is 9.92. The maximum absolute atomic E-state index is 11.8. The van der Waals surface area contributed by atoms with Gasteiger partial charge in [0.25, 0.3) is 0 Å². The molecule has 0 aliphatic heterocycles. The molecule has 1 aromatic carbocycles. The third-order valence-electron chi connectivity index (χ3n) is 3.15. The van der Waals surface area contributed by atoms with Gasteiger partial charge in [0.05, 0.1) is 13.2 Å². The van der Waals surface area contributed by atoms with Gasteiger partial charge in [-0.15, -0.1) is 0 Å². The highest BCUT2D eigenvalue weighted by Gasteiger charge is 2.08. The molecule has 0 saturated carbocycles. The molecule has 116 valence electrons. The Bertz CT molecular complexity index is 477. The van der Waals surface area contributed by atoms with Crippen molar-refractivity contribution < 1.29 is 14.6 Å². The Morgan fingerprint density at radius 3 is 2.48 bits per heavy atom. The standard InChI is InChI=1S/C17H25NO3/c1-12(2)9-15(19)11-18-17(20)10-13(3)14-5-7-16(21-4)8-6-14/h5-8,10,12,15,19H,9,11H2,1-4H3,(H,18,20)/b13-10+. The summed E-state index contributed by atoms with van der Waals surface area (Å²) in [5.41, 5.74) is 1.84. The smallest absolute Gasteiger partial charge is 0.244 e. The molecular formula is C17H25NO3. The van der Waals surface area contributed by atoms with Gasteiger partial charge in [0.15, 0.2) is 0 Å². The van der Waals surface area contributed by atoms with Crippen LogP contribution in [-0.2, 0) is 4.79 Å². The van der Waals surface area contributed by atoms with Gasteiger partial charge in [-0.1, -0.05) is 26.0 Å². The summed E-state index contributed by atoms with van der Waals surface area (Å²) in [7, 11) is 1.62. The number of carbonyl (C=O) groups is 1. The lowest BCUT2D eigenvalue weighted by molar-refractivity contribution is -0.116. The van der Waals surface area contributed by atoms with Crippen LogP contribution in [0.4, 0.5) is 0 Å². The number of rotatable bonds is 7. The van der Waals surface area contributed by atoms with Gasteiger partial charge in [-0.05, 0) is 42.5 Å². The summed E-state index contributed by atoms with van der Waals surface area (Å²) in [6, 6.07) is 7.53. The number of methoxy groups -OCH3 is 1. The van der Waals surface area contributed by atoms with Crippen LogP contribution in [0.25, 0.3) is 5.57 Å². The Hall–Kier alpha value is -1.81. The number of hydrogen-bond donors (Lipinski definition) is 2. The number of hydrogen-bond acceptors (Lipinski definition) is 3. The number of carbonyl (C=O) groups excluding carboxylic acids is 1. The molecule has 21 heavy (non-hydrogen) atoms. The van der Waals surface area contributed by atoms with E-state index in [0.717, 1.165) is 16.9 Å². The second kappa shape index (κ2) is 8.47. The van der Waals surface area contributed by atoms with E-state index in [2.05, 4.69) is 5.32 Å². The van der Waals surface area contributed by atoms with Crippen LogP contribution < -0.4 is 10.1 Å². The fourth-order valence-electron chi connectivity index (χ4n) is 2.03. The number of allylic oxidation sites excluding steroid dienone is 1. The van der Waals surface area contributed by atoms with Crippen LogP contribution in [0, 0.1) is 5.92 Å². The molecular weight excluding hydrogens is 266 g/mol. The molecule has 0 aliphatic rings. The predicted molar refractivity (Wildman–Crippen MR) is 85.1 cm³/mol. The normalized spacial score (nSPS) is 13.1. The lowest BCUT2D eigenvalue weighted by atomic mass is 10.1. The molecule has 0 saturated heterocycles. The van der Waals surface area contributed by atoms with Gasteiger partial charge in [0.1, 0.15) is 5.75 Å². The minimum Gasteiger partial charge on any atom is -0.497 e. The van der Waals surface area contributed by atoms with Gasteiger partial charge in [-0.25, -0.2) is 0 Å². The zero-order valence-corrected chi connectivity index (χ0v) is 13.2. The summed E-state index contributed by atoms with van der Waals surface area (Å²) in [6.07, 6.45) is 1.73. The first kappa shape index (κ1) is 17.2. The summed E-state index contributed by atoms with van der Waals surface area (Å²) in [6.45, 7) is 6.24. The zero-order chi connectivity index (χ0) is 15.8. The molecule has 1 amide bonds. The van der Waals surface area contributed by atoms with E-state index in [1.54, 1.807) is 13.2 Å². The van der Waals surface area contributed by atoms with Gasteiger partial charge in [-0.3, -0.25) is 4.79 Å². The Morgan fingerprint density at radius 2 is 1.95 bits per heavy atom. The van der Waals surface area contributed by atoms with Gasteiger partial charge >= 0.3 is 0 Å². The van der Waals surface area contributed by atoms with Gasteiger partial charge in [-0.2, -0.15) is 0 Å². The number of nitrogens with one attached hydrogen (secondary N) is 1. The molecule has 1 unspecified atom stereocenters. The van der Waals surface area contributed by atoms with E-state index in [1.807, 2.05) is 45.0 Å². The van der Waals surface area contributed by atoms with Crippen molar-refractivity contribution in [3.05, 3.63) is 35.9 Å². The fourth-order valence-corrected chi connectivity index (χ4v) is 2.03. The van der Waals surface area contributed by atoms with Gasteiger partial charge in [0, 0.05) is 12.6 Å². The Balaban J connectivity index is 2.54. The van der Waals surface area contributed by atoms with Crippen molar-refractivity contribution in [2.45, 2.75) is 33.3 Å². The summed E-state index contributed by atoms with van der Waals surface area (Å²) in [5.74, 6) is 1.01. The molecule has 1 rings (SSSR count). The van der Waals surface area contributed by atoms with Crippen LogP contribution in [0.15, 0.2) is 30.3 Å². The molecule has 4 nitrogen and oxygen atoms in total. The largest absolute Gasteiger partial charge is 0.497 e. The van der Waals surface area contributed by atoms with Crippen molar-refractivity contribution in [3.63, 3.8) is 0 Å². The molecule has 0 aromatic heterocycles. The molecule has 0 fully saturated rings. The number of amides is 1. The van der Waals surface area contributed by atoms with Crippen molar-refractivity contribution in [2.75, 3.05) is 13.7 Å². The third-order valence-corrected chi connectivity index (χ3v) is 3.15. The molecule has 0 radical (unpaired) electrons. The monoisotopic (exact) mass is 291 g/mol. The number of aliphatic hydroxyl groups excluding tert-OH is 1. The van der Waals surface area contributed by atoms with Crippen LogP contribution in [-0.4, -0.2) is 30.8 Å². The average molecular weight is 291 g/mol. The summed E-state index contributed by atoms with van der Waals surface area (Å²) >= 11 is 0. The topological polar surface area (TPSA) is 58.6 Å². The second-order valence-corrected chi connectivity index (χ2v) is 5.58. The highest BCUT2D eigenvalue weighted by Crippen LogP contribution is 2.17. The summed E-state index contributed by atoms with van der Waals surface area (Å²) in [4.78, 5) is 11.8. The number of aliphatic hydroxyl groups is 1. The number of ether oxygens (including phenoxy) is 1. The Kier molecular flexibility index (Phi) is 6.96. The van der Waals surface area contributed by atoms with Crippen LogP contribution in [0.3, 0.4) is 0 Å². The van der Waals surface area contributed by atoms with Crippen molar-refractivity contribution in [1.82, 2.24) is 5.32 Å². The van der Waals surface area contributed by atoms with Crippen molar-refractivity contribution in [3.8, 4) is 5.75 Å². The maximum atomic E-state index is 11.8. The Labute approximate surface area is 126 Å². The Morgan fingerprint density at radius 1 is 1.33 bits per heavy atom. The highest BCUT2D eigenvalue weighted by atomic mass is 16.5. The average Bonchev–Trinajstić information content (AvgIpc) is 2.44. The molecule has 1 atom stereocenters.